The van der Waals surface area contributed by atoms with Crippen molar-refractivity contribution in [2.24, 2.45) is 0 Å². The Morgan fingerprint density at radius 3 is 2.93 bits per heavy atom. The number of aryl methyl sites for hydroxylation is 2. The minimum atomic E-state index is -0.273. The number of fused-ring (bicyclic) bond motifs is 3. The summed E-state index contributed by atoms with van der Waals surface area (Å²) in [5.41, 5.74) is 4.05. The standard InChI is InChI=1S/C20H24N6O.CH4/c1-4-20(2,3)26-12-10-15(25-26)22-19(27)18-16-14(23-24-18)9-5-7-13-8-6-11-21-17(13)16;/h6,8,10-12H,4-5,7,9H2,1-3H3,(H,23,24)(H,22,25,27);1H4. The molecular weight excluding hydrogens is 352 g/mol. The van der Waals surface area contributed by atoms with Crippen molar-refractivity contribution < 1.29 is 4.79 Å². The lowest BCUT2D eigenvalue weighted by Crippen LogP contribution is -2.26. The molecule has 0 radical (unpaired) electrons. The van der Waals surface area contributed by atoms with Gasteiger partial charge in [-0.2, -0.15) is 10.2 Å². The number of rotatable bonds is 4. The van der Waals surface area contributed by atoms with Gasteiger partial charge in [0.25, 0.3) is 5.91 Å². The van der Waals surface area contributed by atoms with Crippen molar-refractivity contribution in [3.8, 4) is 11.3 Å². The first-order chi connectivity index (χ1) is 13.0. The van der Waals surface area contributed by atoms with Crippen LogP contribution in [0.1, 0.15) is 62.8 Å². The molecular formula is C21H28N6O. The first kappa shape index (κ1) is 19.8. The molecule has 1 aliphatic rings. The van der Waals surface area contributed by atoms with Crippen LogP contribution in [0.3, 0.4) is 0 Å². The van der Waals surface area contributed by atoms with E-state index in [-0.39, 0.29) is 18.9 Å². The van der Waals surface area contributed by atoms with Crippen molar-refractivity contribution in [3.63, 3.8) is 0 Å². The zero-order chi connectivity index (χ0) is 19.0. The van der Waals surface area contributed by atoms with Gasteiger partial charge in [-0.05, 0) is 51.2 Å². The van der Waals surface area contributed by atoms with Crippen LogP contribution in [0.25, 0.3) is 11.3 Å². The van der Waals surface area contributed by atoms with E-state index < -0.39 is 0 Å². The number of amides is 1. The average Bonchev–Trinajstić information content (AvgIpc) is 3.26. The highest BCUT2D eigenvalue weighted by Gasteiger charge is 2.26. The lowest BCUT2D eigenvalue weighted by Gasteiger charge is -2.23. The average molecular weight is 380 g/mol. The maximum atomic E-state index is 12.9. The molecule has 148 valence electrons. The van der Waals surface area contributed by atoms with Crippen LogP contribution in [0.4, 0.5) is 5.82 Å². The van der Waals surface area contributed by atoms with Crippen LogP contribution in [0.15, 0.2) is 30.6 Å². The smallest absolute Gasteiger partial charge is 0.278 e. The van der Waals surface area contributed by atoms with E-state index >= 15 is 0 Å². The molecule has 0 unspecified atom stereocenters. The maximum absolute atomic E-state index is 12.9. The number of hydrogen-bond acceptors (Lipinski definition) is 4. The molecule has 1 amide bonds. The molecule has 7 heteroatoms. The fourth-order valence-electron chi connectivity index (χ4n) is 3.36. The van der Waals surface area contributed by atoms with Gasteiger partial charge >= 0.3 is 0 Å². The first-order valence-electron chi connectivity index (χ1n) is 9.38. The summed E-state index contributed by atoms with van der Waals surface area (Å²) in [6.45, 7) is 6.34. The topological polar surface area (TPSA) is 88.5 Å². The van der Waals surface area contributed by atoms with Crippen LogP contribution in [-0.4, -0.2) is 30.9 Å². The molecule has 0 saturated carbocycles. The summed E-state index contributed by atoms with van der Waals surface area (Å²) < 4.78 is 1.88. The van der Waals surface area contributed by atoms with Crippen LogP contribution in [0, 0.1) is 0 Å². The van der Waals surface area contributed by atoms with E-state index in [0.717, 1.165) is 48.2 Å². The van der Waals surface area contributed by atoms with Crippen LogP contribution < -0.4 is 5.32 Å². The fourth-order valence-corrected chi connectivity index (χ4v) is 3.36. The SMILES string of the molecule is C.CCC(C)(C)n1ccc(NC(=O)c2n[nH]c3c2-c2ncccc2CCC3)n1. The Morgan fingerprint density at radius 1 is 1.32 bits per heavy atom. The third kappa shape index (κ3) is 3.44. The van der Waals surface area contributed by atoms with E-state index in [9.17, 15) is 4.79 Å². The summed E-state index contributed by atoms with van der Waals surface area (Å²) in [5, 5.41) is 14.7. The number of aromatic nitrogens is 5. The van der Waals surface area contributed by atoms with Gasteiger partial charge in [-0.3, -0.25) is 19.6 Å². The number of aromatic amines is 1. The van der Waals surface area contributed by atoms with Gasteiger partial charge in [0.1, 0.15) is 0 Å². The van der Waals surface area contributed by atoms with Gasteiger partial charge in [0, 0.05) is 24.2 Å². The largest absolute Gasteiger partial charge is 0.304 e. The number of pyridine rings is 1. The van der Waals surface area contributed by atoms with Crippen molar-refractivity contribution in [2.75, 3.05) is 5.32 Å². The Labute approximate surface area is 165 Å². The third-order valence-corrected chi connectivity index (χ3v) is 5.37. The number of nitrogens with zero attached hydrogens (tertiary/aromatic N) is 4. The highest BCUT2D eigenvalue weighted by atomic mass is 16.2. The van der Waals surface area contributed by atoms with Crippen LogP contribution in [0.2, 0.25) is 0 Å². The number of H-pyrrole nitrogens is 1. The summed E-state index contributed by atoms with van der Waals surface area (Å²) in [7, 11) is 0. The minimum absolute atomic E-state index is 0. The zero-order valence-corrected chi connectivity index (χ0v) is 15.9. The van der Waals surface area contributed by atoms with Gasteiger partial charge in [-0.25, -0.2) is 0 Å². The molecule has 0 spiro atoms. The molecule has 4 rings (SSSR count). The number of carbonyl (C=O) groups excluding carboxylic acids is 1. The summed E-state index contributed by atoms with van der Waals surface area (Å²) in [6.07, 6.45) is 7.40. The lowest BCUT2D eigenvalue weighted by molar-refractivity contribution is 0.102. The minimum Gasteiger partial charge on any atom is -0.304 e. The summed E-state index contributed by atoms with van der Waals surface area (Å²) in [4.78, 5) is 17.5. The van der Waals surface area contributed by atoms with Gasteiger partial charge in [0.05, 0.1) is 16.8 Å². The van der Waals surface area contributed by atoms with Gasteiger partial charge in [-0.1, -0.05) is 20.4 Å². The highest BCUT2D eigenvalue weighted by molar-refractivity contribution is 6.07. The lowest BCUT2D eigenvalue weighted by atomic mass is 10.0. The summed E-state index contributed by atoms with van der Waals surface area (Å²) in [6, 6.07) is 5.82. The molecule has 28 heavy (non-hydrogen) atoms. The molecule has 2 N–H and O–H groups in total. The Hall–Kier alpha value is -2.96. The number of nitrogens with one attached hydrogen (secondary N) is 2. The summed E-state index contributed by atoms with van der Waals surface area (Å²) >= 11 is 0. The van der Waals surface area contributed by atoms with Crippen molar-refractivity contribution in [1.82, 2.24) is 25.0 Å². The quantitative estimate of drug-likeness (QED) is 0.710. The Morgan fingerprint density at radius 2 is 2.14 bits per heavy atom. The first-order valence-corrected chi connectivity index (χ1v) is 9.38. The van der Waals surface area contributed by atoms with E-state index in [1.165, 1.54) is 0 Å². The second-order valence-corrected chi connectivity index (χ2v) is 7.56. The van der Waals surface area contributed by atoms with E-state index in [2.05, 4.69) is 52.4 Å². The van der Waals surface area contributed by atoms with Gasteiger partial charge in [0.2, 0.25) is 0 Å². The molecule has 0 saturated heterocycles. The van der Waals surface area contributed by atoms with E-state index in [0.29, 0.717) is 11.5 Å². The van der Waals surface area contributed by atoms with Crippen molar-refractivity contribution in [1.29, 1.82) is 0 Å². The molecule has 0 bridgehead atoms. The maximum Gasteiger partial charge on any atom is 0.278 e. The van der Waals surface area contributed by atoms with E-state index in [1.807, 2.05) is 23.0 Å². The number of carbonyl (C=O) groups is 1. The predicted molar refractivity (Wildman–Crippen MR) is 110 cm³/mol. The highest BCUT2D eigenvalue weighted by Crippen LogP contribution is 2.32. The molecule has 3 aromatic rings. The van der Waals surface area contributed by atoms with Crippen LogP contribution >= 0.6 is 0 Å². The van der Waals surface area contributed by atoms with Crippen molar-refractivity contribution in [3.05, 3.63) is 47.5 Å². The molecule has 0 atom stereocenters. The Kier molecular flexibility index (Phi) is 5.36. The Balaban J connectivity index is 0.00000225. The van der Waals surface area contributed by atoms with Gasteiger partial charge in [0.15, 0.2) is 11.5 Å². The predicted octanol–water partition coefficient (Wildman–Crippen LogP) is 4.19. The van der Waals surface area contributed by atoms with Crippen molar-refractivity contribution >= 4 is 11.7 Å². The molecule has 0 fully saturated rings. The normalized spacial score (nSPS) is 13.1. The molecule has 3 aromatic heterocycles. The molecule has 3 heterocycles. The molecule has 7 nitrogen and oxygen atoms in total. The second kappa shape index (κ2) is 7.58. The Bertz CT molecular complexity index is 984. The van der Waals surface area contributed by atoms with Crippen LogP contribution in [-0.2, 0) is 18.4 Å². The van der Waals surface area contributed by atoms with Gasteiger partial charge in [-0.15, -0.1) is 0 Å². The number of hydrogen-bond donors (Lipinski definition) is 2. The van der Waals surface area contributed by atoms with Gasteiger partial charge < -0.3 is 5.32 Å². The molecule has 0 aliphatic heterocycles. The zero-order valence-electron chi connectivity index (χ0n) is 15.9. The second-order valence-electron chi connectivity index (χ2n) is 7.56. The fraction of sp³-hybridized carbons (Fsp3) is 0.429. The van der Waals surface area contributed by atoms with E-state index in [4.69, 9.17) is 0 Å². The molecule has 0 aromatic carbocycles. The number of anilines is 1. The molecule has 1 aliphatic carbocycles. The van der Waals surface area contributed by atoms with Crippen LogP contribution in [0.5, 0.6) is 0 Å². The third-order valence-electron chi connectivity index (χ3n) is 5.37. The van der Waals surface area contributed by atoms with Crippen molar-refractivity contribution in [2.45, 2.75) is 59.4 Å². The summed E-state index contributed by atoms with van der Waals surface area (Å²) in [5.74, 6) is 0.249. The van der Waals surface area contributed by atoms with E-state index in [1.54, 1.807) is 6.20 Å². The monoisotopic (exact) mass is 380 g/mol.